The van der Waals surface area contributed by atoms with Crippen molar-refractivity contribution in [2.45, 2.75) is 40.2 Å². The third kappa shape index (κ3) is 4.88. The number of Topliss-reactive ketones (excluding diaryl/α,β-unsaturated/α-hetero) is 1. The number of carbonyl (C=O) groups excluding carboxylic acids is 2. The molecule has 1 aliphatic heterocycles. The maximum atomic E-state index is 13.6. The van der Waals surface area contributed by atoms with Crippen LogP contribution < -0.4 is 14.4 Å². The highest BCUT2D eigenvalue weighted by atomic mass is 32.1. The summed E-state index contributed by atoms with van der Waals surface area (Å²) in [6.07, 6.45) is 0.834. The molecule has 1 atom stereocenters. The molecule has 4 aromatic rings. The summed E-state index contributed by atoms with van der Waals surface area (Å²) in [5, 5.41) is 11.8. The van der Waals surface area contributed by atoms with Gasteiger partial charge in [0, 0.05) is 5.56 Å². The van der Waals surface area contributed by atoms with Gasteiger partial charge < -0.3 is 14.6 Å². The van der Waals surface area contributed by atoms with E-state index in [1.165, 1.54) is 16.2 Å². The van der Waals surface area contributed by atoms with Crippen molar-refractivity contribution in [3.63, 3.8) is 0 Å². The lowest BCUT2D eigenvalue weighted by atomic mass is 9.95. The number of benzene rings is 3. The number of ether oxygens (including phenoxy) is 2. The zero-order valence-corrected chi connectivity index (χ0v) is 23.2. The van der Waals surface area contributed by atoms with Crippen LogP contribution in [-0.2, 0) is 9.59 Å². The Labute approximate surface area is 231 Å². The van der Waals surface area contributed by atoms with Crippen LogP contribution in [0.4, 0.5) is 5.13 Å². The van der Waals surface area contributed by atoms with Gasteiger partial charge in [-0.25, -0.2) is 4.98 Å². The number of fused-ring (bicyclic) bond motifs is 1. The number of amides is 1. The van der Waals surface area contributed by atoms with Gasteiger partial charge in [0.15, 0.2) is 16.6 Å². The zero-order valence-electron chi connectivity index (χ0n) is 22.4. The number of hydrogen-bond donors (Lipinski definition) is 1. The maximum absolute atomic E-state index is 13.6. The number of rotatable bonds is 8. The van der Waals surface area contributed by atoms with Crippen molar-refractivity contribution in [3.8, 4) is 11.5 Å². The first-order chi connectivity index (χ1) is 18.8. The van der Waals surface area contributed by atoms with E-state index in [1.54, 1.807) is 42.5 Å². The number of aromatic nitrogens is 1. The largest absolute Gasteiger partial charge is 0.507 e. The van der Waals surface area contributed by atoms with E-state index in [1.807, 2.05) is 45.9 Å². The predicted octanol–water partition coefficient (Wildman–Crippen LogP) is 6.73. The Hall–Kier alpha value is -4.17. The fourth-order valence-electron chi connectivity index (χ4n) is 4.85. The molecule has 3 aromatic carbocycles. The Balaban J connectivity index is 1.73. The SMILES string of the molecule is CCCOc1ccc(C2/C(=C(\O)c3ccccc3)C(=O)C(=O)N2c2nc3c(C)cc(C)cc3s2)cc1OCC. The molecule has 0 spiro atoms. The summed E-state index contributed by atoms with van der Waals surface area (Å²) in [5.41, 5.74) is 3.91. The van der Waals surface area contributed by atoms with E-state index in [0.717, 1.165) is 27.8 Å². The van der Waals surface area contributed by atoms with Crippen LogP contribution in [0.5, 0.6) is 11.5 Å². The van der Waals surface area contributed by atoms with Crippen LogP contribution in [-0.4, -0.2) is 35.0 Å². The van der Waals surface area contributed by atoms with Crippen LogP contribution in [0, 0.1) is 13.8 Å². The van der Waals surface area contributed by atoms with Crippen LogP contribution in [0.1, 0.15) is 48.6 Å². The van der Waals surface area contributed by atoms with E-state index in [2.05, 4.69) is 0 Å². The highest BCUT2D eigenvalue weighted by Gasteiger charge is 2.48. The summed E-state index contributed by atoms with van der Waals surface area (Å²) in [7, 11) is 0. The van der Waals surface area contributed by atoms with Gasteiger partial charge >= 0.3 is 5.91 Å². The minimum Gasteiger partial charge on any atom is -0.507 e. The lowest BCUT2D eigenvalue weighted by Crippen LogP contribution is -2.29. The first-order valence-corrected chi connectivity index (χ1v) is 13.8. The second-order valence-corrected chi connectivity index (χ2v) is 10.5. The van der Waals surface area contributed by atoms with Crippen molar-refractivity contribution in [2.24, 2.45) is 0 Å². The Kier molecular flexibility index (Phi) is 7.39. The molecule has 39 heavy (non-hydrogen) atoms. The summed E-state index contributed by atoms with van der Waals surface area (Å²) in [6, 6.07) is 17.3. The molecule has 1 fully saturated rings. The second kappa shape index (κ2) is 10.9. The molecule has 8 heteroatoms. The van der Waals surface area contributed by atoms with E-state index < -0.39 is 17.7 Å². The first-order valence-electron chi connectivity index (χ1n) is 13.0. The lowest BCUT2D eigenvalue weighted by molar-refractivity contribution is -0.132. The molecule has 1 amide bonds. The van der Waals surface area contributed by atoms with Gasteiger partial charge in [-0.2, -0.15) is 0 Å². The van der Waals surface area contributed by atoms with Gasteiger partial charge in [-0.05, 0) is 62.1 Å². The molecule has 5 rings (SSSR count). The van der Waals surface area contributed by atoms with Crippen LogP contribution in [0.3, 0.4) is 0 Å². The van der Waals surface area contributed by atoms with Crippen molar-refractivity contribution in [1.29, 1.82) is 0 Å². The van der Waals surface area contributed by atoms with Gasteiger partial charge in [0.1, 0.15) is 5.76 Å². The topological polar surface area (TPSA) is 89.0 Å². The summed E-state index contributed by atoms with van der Waals surface area (Å²) in [6.45, 7) is 8.82. The number of nitrogens with zero attached hydrogens (tertiary/aromatic N) is 2. The predicted molar refractivity (Wildman–Crippen MR) is 154 cm³/mol. The van der Waals surface area contributed by atoms with Crippen LogP contribution in [0.2, 0.25) is 0 Å². The Bertz CT molecular complexity index is 1590. The minimum absolute atomic E-state index is 0.00281. The maximum Gasteiger partial charge on any atom is 0.301 e. The molecule has 1 N–H and O–H groups in total. The molecule has 1 aromatic heterocycles. The molecule has 2 heterocycles. The molecule has 7 nitrogen and oxygen atoms in total. The van der Waals surface area contributed by atoms with Crippen LogP contribution in [0.25, 0.3) is 16.0 Å². The molecule has 0 radical (unpaired) electrons. The normalized spacial score (nSPS) is 16.7. The number of aryl methyl sites for hydroxylation is 2. The quantitative estimate of drug-likeness (QED) is 0.151. The van der Waals surface area contributed by atoms with Crippen LogP contribution >= 0.6 is 11.3 Å². The zero-order chi connectivity index (χ0) is 27.7. The summed E-state index contributed by atoms with van der Waals surface area (Å²) in [4.78, 5) is 33.4. The van der Waals surface area contributed by atoms with Crippen LogP contribution in [0.15, 0.2) is 66.2 Å². The fraction of sp³-hybridized carbons (Fsp3) is 0.258. The lowest BCUT2D eigenvalue weighted by Gasteiger charge is -2.24. The van der Waals surface area contributed by atoms with Gasteiger partial charge in [0.05, 0.1) is 35.0 Å². The van der Waals surface area contributed by atoms with Crippen molar-refractivity contribution in [1.82, 2.24) is 4.98 Å². The van der Waals surface area contributed by atoms with Gasteiger partial charge in [0.25, 0.3) is 5.78 Å². The van der Waals surface area contributed by atoms with Gasteiger partial charge in [-0.3, -0.25) is 14.5 Å². The van der Waals surface area contributed by atoms with E-state index in [-0.39, 0.29) is 11.3 Å². The second-order valence-electron chi connectivity index (χ2n) is 9.45. The van der Waals surface area contributed by atoms with Crippen molar-refractivity contribution in [3.05, 3.63) is 88.5 Å². The third-order valence-corrected chi connectivity index (χ3v) is 7.56. The molecule has 0 aliphatic carbocycles. The fourth-order valence-corrected chi connectivity index (χ4v) is 6.02. The number of anilines is 1. The number of aliphatic hydroxyl groups is 1. The first kappa shape index (κ1) is 26.4. The molecular formula is C31H30N2O5S. The average molecular weight is 543 g/mol. The van der Waals surface area contributed by atoms with Gasteiger partial charge in [-0.15, -0.1) is 0 Å². The summed E-state index contributed by atoms with van der Waals surface area (Å²) >= 11 is 1.35. The minimum atomic E-state index is -0.911. The Morgan fingerprint density at radius 3 is 2.49 bits per heavy atom. The van der Waals surface area contributed by atoms with Crippen molar-refractivity contribution < 1.29 is 24.2 Å². The van der Waals surface area contributed by atoms with E-state index in [4.69, 9.17) is 14.5 Å². The standard InChI is InChI=1S/C31H30N2O5S/c1-5-14-38-22-13-12-21(17-23(22)37-6-2)27-25(28(34)20-10-8-7-9-11-20)29(35)30(36)33(27)31-32-26-19(4)15-18(3)16-24(26)39-31/h7-13,15-17,27,34H,5-6,14H2,1-4H3/b28-25+. The van der Waals surface area contributed by atoms with Gasteiger partial charge in [-0.1, -0.05) is 60.7 Å². The van der Waals surface area contributed by atoms with E-state index in [9.17, 15) is 14.7 Å². The monoisotopic (exact) mass is 542 g/mol. The molecular weight excluding hydrogens is 512 g/mol. The molecule has 0 bridgehead atoms. The molecule has 1 aliphatic rings. The highest BCUT2D eigenvalue weighted by molar-refractivity contribution is 7.22. The Morgan fingerprint density at radius 1 is 1.00 bits per heavy atom. The smallest absolute Gasteiger partial charge is 0.301 e. The number of ketones is 1. The molecule has 200 valence electrons. The Morgan fingerprint density at radius 2 is 1.77 bits per heavy atom. The third-order valence-electron chi connectivity index (χ3n) is 6.56. The highest BCUT2D eigenvalue weighted by Crippen LogP contribution is 2.46. The number of carbonyl (C=O) groups is 2. The van der Waals surface area contributed by atoms with E-state index in [0.29, 0.717) is 41.0 Å². The van der Waals surface area contributed by atoms with Crippen molar-refractivity contribution in [2.75, 3.05) is 18.1 Å². The molecule has 1 saturated heterocycles. The number of thiazole rings is 1. The molecule has 0 saturated carbocycles. The summed E-state index contributed by atoms with van der Waals surface area (Å²) < 4.78 is 12.7. The van der Waals surface area contributed by atoms with Gasteiger partial charge in [0.2, 0.25) is 0 Å². The summed E-state index contributed by atoms with van der Waals surface area (Å²) in [5.74, 6) is -0.662. The number of aliphatic hydroxyl groups excluding tert-OH is 1. The van der Waals surface area contributed by atoms with E-state index >= 15 is 0 Å². The number of hydrogen-bond acceptors (Lipinski definition) is 7. The molecule has 1 unspecified atom stereocenters. The van der Waals surface area contributed by atoms with Crippen molar-refractivity contribution >= 4 is 44.1 Å². The average Bonchev–Trinajstić information content (AvgIpc) is 3.46.